The van der Waals surface area contributed by atoms with E-state index in [1.165, 1.54) is 17.7 Å². The van der Waals surface area contributed by atoms with Crippen molar-refractivity contribution in [2.45, 2.75) is 71.6 Å². The zero-order chi connectivity index (χ0) is 28.2. The minimum Gasteiger partial charge on any atom is -0.490 e. The quantitative estimate of drug-likeness (QED) is 0.465. The van der Waals surface area contributed by atoms with E-state index in [9.17, 15) is 14.0 Å². The van der Waals surface area contributed by atoms with Gasteiger partial charge in [-0.05, 0) is 101 Å². The van der Waals surface area contributed by atoms with Crippen LogP contribution in [0.3, 0.4) is 0 Å². The van der Waals surface area contributed by atoms with Gasteiger partial charge in [-0.25, -0.2) is 9.18 Å². The number of hydrogen-bond acceptors (Lipinski definition) is 5. The van der Waals surface area contributed by atoms with Crippen molar-refractivity contribution in [3.05, 3.63) is 59.4 Å². The van der Waals surface area contributed by atoms with Gasteiger partial charge in [0.1, 0.15) is 17.2 Å². The number of amides is 2. The Labute approximate surface area is 231 Å². The second-order valence-corrected chi connectivity index (χ2v) is 11.8. The standard InChI is InChI=1S/C31H42FN3O4/c1-22-20-26(11-6-24(22)21-34-16-18-35(19-17-34)30(37)39-31(2,3)4)33(5)29(36)23-7-12-27(13-8-23)38-28-14-9-25(32)10-15-28/h6,9-11,14-15,20,23,27H,7-8,12-13,16-19,21H2,1-5H3. The van der Waals surface area contributed by atoms with Crippen molar-refractivity contribution in [3.8, 4) is 5.75 Å². The maximum atomic E-state index is 13.3. The van der Waals surface area contributed by atoms with E-state index in [1.807, 2.05) is 33.9 Å². The van der Waals surface area contributed by atoms with Gasteiger partial charge in [0.05, 0.1) is 6.10 Å². The molecule has 1 heterocycles. The Kier molecular flexibility index (Phi) is 9.15. The fourth-order valence-electron chi connectivity index (χ4n) is 5.26. The molecule has 8 heteroatoms. The molecule has 2 aromatic rings. The molecule has 0 unspecified atom stereocenters. The van der Waals surface area contributed by atoms with Gasteiger partial charge in [-0.15, -0.1) is 0 Å². The van der Waals surface area contributed by atoms with Crippen molar-refractivity contribution < 1.29 is 23.5 Å². The summed E-state index contributed by atoms with van der Waals surface area (Å²) in [4.78, 5) is 31.5. The minimum absolute atomic E-state index is 0.0238. The van der Waals surface area contributed by atoms with E-state index in [4.69, 9.17) is 9.47 Å². The second-order valence-electron chi connectivity index (χ2n) is 11.8. The number of hydrogen-bond donors (Lipinski definition) is 0. The lowest BCUT2D eigenvalue weighted by Crippen LogP contribution is -2.49. The Morgan fingerprint density at radius 1 is 0.974 bits per heavy atom. The fraction of sp³-hybridized carbons (Fsp3) is 0.548. The highest BCUT2D eigenvalue weighted by Gasteiger charge is 2.30. The van der Waals surface area contributed by atoms with Crippen LogP contribution in [0.15, 0.2) is 42.5 Å². The molecule has 0 spiro atoms. The van der Waals surface area contributed by atoms with Crippen LogP contribution in [0.4, 0.5) is 14.9 Å². The monoisotopic (exact) mass is 539 g/mol. The van der Waals surface area contributed by atoms with Gasteiger partial charge in [-0.2, -0.15) is 0 Å². The van der Waals surface area contributed by atoms with Crippen molar-refractivity contribution in [3.63, 3.8) is 0 Å². The van der Waals surface area contributed by atoms with Crippen LogP contribution in [0.2, 0.25) is 0 Å². The molecule has 0 atom stereocenters. The van der Waals surface area contributed by atoms with Gasteiger partial charge in [0.15, 0.2) is 0 Å². The third kappa shape index (κ3) is 7.94. The lowest BCUT2D eigenvalue weighted by atomic mass is 9.86. The van der Waals surface area contributed by atoms with Crippen LogP contribution in [-0.2, 0) is 16.1 Å². The molecule has 2 aromatic carbocycles. The zero-order valence-corrected chi connectivity index (χ0v) is 23.9. The van der Waals surface area contributed by atoms with Crippen molar-refractivity contribution in [1.29, 1.82) is 0 Å². The molecule has 1 aliphatic carbocycles. The number of anilines is 1. The van der Waals surface area contributed by atoms with Crippen LogP contribution in [0.5, 0.6) is 5.75 Å². The van der Waals surface area contributed by atoms with Crippen LogP contribution >= 0.6 is 0 Å². The van der Waals surface area contributed by atoms with Gasteiger partial charge in [-0.3, -0.25) is 9.69 Å². The highest BCUT2D eigenvalue weighted by molar-refractivity contribution is 5.94. The van der Waals surface area contributed by atoms with Crippen LogP contribution < -0.4 is 9.64 Å². The Bertz CT molecular complexity index is 1130. The number of halogens is 1. The molecule has 2 fully saturated rings. The predicted molar refractivity (Wildman–Crippen MR) is 150 cm³/mol. The lowest BCUT2D eigenvalue weighted by molar-refractivity contribution is -0.123. The molecule has 1 saturated heterocycles. The molecule has 1 saturated carbocycles. The van der Waals surface area contributed by atoms with Gasteiger partial charge < -0.3 is 19.3 Å². The number of benzene rings is 2. The first-order chi connectivity index (χ1) is 18.5. The molecule has 2 amide bonds. The molecule has 212 valence electrons. The Balaban J connectivity index is 1.25. The minimum atomic E-state index is -0.485. The van der Waals surface area contributed by atoms with Crippen molar-refractivity contribution in [2.75, 3.05) is 38.1 Å². The summed E-state index contributed by atoms with van der Waals surface area (Å²) in [6.07, 6.45) is 2.98. The number of carbonyl (C=O) groups is 2. The maximum absolute atomic E-state index is 13.3. The average molecular weight is 540 g/mol. The summed E-state index contributed by atoms with van der Waals surface area (Å²) in [7, 11) is 1.85. The second kappa shape index (κ2) is 12.4. The summed E-state index contributed by atoms with van der Waals surface area (Å²) >= 11 is 0. The molecular formula is C31H42FN3O4. The van der Waals surface area contributed by atoms with E-state index >= 15 is 0 Å². The number of piperazine rings is 1. The molecule has 7 nitrogen and oxygen atoms in total. The molecule has 0 N–H and O–H groups in total. The third-order valence-electron chi connectivity index (χ3n) is 7.60. The van der Waals surface area contributed by atoms with Crippen molar-refractivity contribution in [2.24, 2.45) is 5.92 Å². The number of aryl methyl sites for hydroxylation is 1. The molecule has 2 aliphatic rings. The summed E-state index contributed by atoms with van der Waals surface area (Å²) in [6.45, 7) is 11.5. The number of carbonyl (C=O) groups excluding carboxylic acids is 2. The smallest absolute Gasteiger partial charge is 0.410 e. The van der Waals surface area contributed by atoms with Gasteiger partial charge in [0, 0.05) is 51.4 Å². The van der Waals surface area contributed by atoms with Crippen LogP contribution in [-0.4, -0.2) is 66.7 Å². The molecule has 0 radical (unpaired) electrons. The third-order valence-corrected chi connectivity index (χ3v) is 7.60. The number of nitrogens with zero attached hydrogens (tertiary/aromatic N) is 3. The van der Waals surface area contributed by atoms with Crippen LogP contribution in [0.1, 0.15) is 57.6 Å². The van der Waals surface area contributed by atoms with Crippen molar-refractivity contribution >= 4 is 17.7 Å². The van der Waals surface area contributed by atoms with E-state index < -0.39 is 5.60 Å². The normalized spacial score (nSPS) is 20.4. The predicted octanol–water partition coefficient (Wildman–Crippen LogP) is 5.79. The summed E-state index contributed by atoms with van der Waals surface area (Å²) < 4.78 is 24.6. The van der Waals surface area contributed by atoms with Crippen molar-refractivity contribution in [1.82, 2.24) is 9.80 Å². The van der Waals surface area contributed by atoms with E-state index in [1.54, 1.807) is 21.9 Å². The first-order valence-electron chi connectivity index (χ1n) is 14.0. The first-order valence-corrected chi connectivity index (χ1v) is 14.0. The van der Waals surface area contributed by atoms with E-state index in [0.717, 1.165) is 56.6 Å². The molecule has 0 bridgehead atoms. The molecule has 39 heavy (non-hydrogen) atoms. The van der Waals surface area contributed by atoms with Crippen LogP contribution in [0, 0.1) is 18.7 Å². The first kappa shape index (κ1) is 28.9. The highest BCUT2D eigenvalue weighted by Crippen LogP contribution is 2.31. The zero-order valence-electron chi connectivity index (χ0n) is 23.9. The molecule has 0 aromatic heterocycles. The molecule has 1 aliphatic heterocycles. The number of rotatable bonds is 6. The maximum Gasteiger partial charge on any atom is 0.410 e. The summed E-state index contributed by atoms with van der Waals surface area (Å²) in [5, 5.41) is 0. The molecule has 4 rings (SSSR count). The lowest BCUT2D eigenvalue weighted by Gasteiger charge is -2.36. The summed E-state index contributed by atoms with van der Waals surface area (Å²) in [5.41, 5.74) is 2.79. The van der Waals surface area contributed by atoms with E-state index in [2.05, 4.69) is 24.0 Å². The Morgan fingerprint density at radius 2 is 1.62 bits per heavy atom. The largest absolute Gasteiger partial charge is 0.490 e. The van der Waals surface area contributed by atoms with E-state index in [-0.39, 0.29) is 29.8 Å². The van der Waals surface area contributed by atoms with Gasteiger partial charge in [-0.1, -0.05) is 6.07 Å². The average Bonchev–Trinajstić information content (AvgIpc) is 2.90. The van der Waals surface area contributed by atoms with Gasteiger partial charge in [0.2, 0.25) is 5.91 Å². The SMILES string of the molecule is Cc1cc(N(C)C(=O)C2CCC(Oc3ccc(F)cc3)CC2)ccc1CN1CCN(C(=O)OC(C)(C)C)CC1. The highest BCUT2D eigenvalue weighted by atomic mass is 19.1. The topological polar surface area (TPSA) is 62.3 Å². The Hall–Kier alpha value is -3.13. The molecular weight excluding hydrogens is 497 g/mol. The fourth-order valence-corrected chi connectivity index (χ4v) is 5.26. The van der Waals surface area contributed by atoms with Gasteiger partial charge >= 0.3 is 6.09 Å². The number of ether oxygens (including phenoxy) is 2. The Morgan fingerprint density at radius 3 is 2.21 bits per heavy atom. The van der Waals surface area contributed by atoms with Gasteiger partial charge in [0.25, 0.3) is 0 Å². The van der Waals surface area contributed by atoms with E-state index in [0.29, 0.717) is 18.8 Å². The summed E-state index contributed by atoms with van der Waals surface area (Å²) in [6, 6.07) is 12.3. The summed E-state index contributed by atoms with van der Waals surface area (Å²) in [5.74, 6) is 0.509. The van der Waals surface area contributed by atoms with Crippen LogP contribution in [0.25, 0.3) is 0 Å².